The van der Waals surface area contributed by atoms with E-state index in [0.717, 1.165) is 23.9 Å². The number of rotatable bonds is 1. The standard InChI is InChI=1S/C16H23BO3/c1-14(2)15(3,4)20-17(19-14)12-6-7-13-11(10-12)8-9-16(13,5)18/h6-7,10,18H,8-9H2,1-5H3. The van der Waals surface area contributed by atoms with Crippen molar-refractivity contribution < 1.29 is 14.4 Å². The molecule has 1 N–H and O–H groups in total. The third-order valence-corrected chi connectivity index (χ3v) is 5.12. The maximum absolute atomic E-state index is 10.3. The molecule has 0 spiro atoms. The molecule has 1 aromatic carbocycles. The monoisotopic (exact) mass is 274 g/mol. The molecule has 3 nitrogen and oxygen atoms in total. The quantitative estimate of drug-likeness (QED) is 0.797. The highest BCUT2D eigenvalue weighted by molar-refractivity contribution is 6.62. The number of aliphatic hydroxyl groups is 1. The molecule has 0 amide bonds. The summed E-state index contributed by atoms with van der Waals surface area (Å²) in [5, 5.41) is 10.3. The molecule has 0 saturated carbocycles. The van der Waals surface area contributed by atoms with Gasteiger partial charge in [-0.15, -0.1) is 0 Å². The van der Waals surface area contributed by atoms with Crippen molar-refractivity contribution in [3.63, 3.8) is 0 Å². The molecule has 1 atom stereocenters. The van der Waals surface area contributed by atoms with Gasteiger partial charge in [-0.3, -0.25) is 0 Å². The zero-order valence-electron chi connectivity index (χ0n) is 13.0. The van der Waals surface area contributed by atoms with E-state index < -0.39 is 5.60 Å². The second-order valence-corrected chi connectivity index (χ2v) is 7.28. The first-order valence-electron chi connectivity index (χ1n) is 7.34. The Morgan fingerprint density at radius 2 is 1.65 bits per heavy atom. The highest BCUT2D eigenvalue weighted by Crippen LogP contribution is 2.38. The summed E-state index contributed by atoms with van der Waals surface area (Å²) < 4.78 is 12.2. The van der Waals surface area contributed by atoms with E-state index in [0.29, 0.717) is 0 Å². The van der Waals surface area contributed by atoms with Gasteiger partial charge in [0.25, 0.3) is 0 Å². The molecule has 3 rings (SSSR count). The third kappa shape index (κ3) is 2.02. The lowest BCUT2D eigenvalue weighted by Crippen LogP contribution is -2.41. The molecule has 0 bridgehead atoms. The molecule has 108 valence electrons. The van der Waals surface area contributed by atoms with Gasteiger partial charge in [-0.1, -0.05) is 18.2 Å². The average Bonchev–Trinajstić information content (AvgIpc) is 2.74. The normalized spacial score (nSPS) is 30.6. The molecule has 1 heterocycles. The summed E-state index contributed by atoms with van der Waals surface area (Å²) in [6, 6.07) is 6.16. The van der Waals surface area contributed by atoms with Crippen LogP contribution in [0.5, 0.6) is 0 Å². The van der Waals surface area contributed by atoms with Crippen LogP contribution >= 0.6 is 0 Å². The van der Waals surface area contributed by atoms with Gasteiger partial charge >= 0.3 is 7.12 Å². The maximum Gasteiger partial charge on any atom is 0.494 e. The Bertz CT molecular complexity index is 533. The Morgan fingerprint density at radius 3 is 2.25 bits per heavy atom. The second kappa shape index (κ2) is 4.09. The number of fused-ring (bicyclic) bond motifs is 1. The molecule has 1 aliphatic carbocycles. The minimum atomic E-state index is -0.691. The first-order chi connectivity index (χ1) is 9.12. The molecule has 1 fully saturated rings. The summed E-state index contributed by atoms with van der Waals surface area (Å²) in [7, 11) is -0.323. The number of hydrogen-bond donors (Lipinski definition) is 1. The van der Waals surface area contributed by atoms with Crippen LogP contribution in [0.25, 0.3) is 0 Å². The van der Waals surface area contributed by atoms with Gasteiger partial charge in [0, 0.05) is 0 Å². The Balaban J connectivity index is 1.91. The molecule has 1 aliphatic heterocycles. The molecule has 1 aromatic rings. The van der Waals surface area contributed by atoms with E-state index in [2.05, 4.69) is 33.8 Å². The van der Waals surface area contributed by atoms with Crippen LogP contribution in [0.3, 0.4) is 0 Å². The van der Waals surface area contributed by atoms with Crippen LogP contribution in [0.15, 0.2) is 18.2 Å². The van der Waals surface area contributed by atoms with Gasteiger partial charge in [-0.05, 0) is 64.1 Å². The Morgan fingerprint density at radius 1 is 1.05 bits per heavy atom. The minimum Gasteiger partial charge on any atom is -0.399 e. The van der Waals surface area contributed by atoms with Gasteiger partial charge in [0.05, 0.1) is 16.8 Å². The average molecular weight is 274 g/mol. The molecule has 2 aliphatic rings. The van der Waals surface area contributed by atoms with E-state index in [4.69, 9.17) is 9.31 Å². The largest absolute Gasteiger partial charge is 0.494 e. The van der Waals surface area contributed by atoms with Gasteiger partial charge < -0.3 is 14.4 Å². The van der Waals surface area contributed by atoms with Gasteiger partial charge in [0.15, 0.2) is 0 Å². The maximum atomic E-state index is 10.3. The summed E-state index contributed by atoms with van der Waals surface area (Å²) in [4.78, 5) is 0. The van der Waals surface area contributed by atoms with Crippen molar-refractivity contribution >= 4 is 12.6 Å². The van der Waals surface area contributed by atoms with E-state index >= 15 is 0 Å². The van der Waals surface area contributed by atoms with Crippen LogP contribution < -0.4 is 5.46 Å². The summed E-state index contributed by atoms with van der Waals surface area (Å²) >= 11 is 0. The Kier molecular flexibility index (Phi) is 2.89. The fourth-order valence-corrected chi connectivity index (χ4v) is 2.98. The molecule has 20 heavy (non-hydrogen) atoms. The number of benzene rings is 1. The SMILES string of the molecule is CC1(O)CCc2cc(B3OC(C)(C)C(C)(C)O3)ccc21. The summed E-state index contributed by atoms with van der Waals surface area (Å²) in [5.41, 5.74) is 1.97. The van der Waals surface area contributed by atoms with Crippen LogP contribution in [0.1, 0.15) is 52.2 Å². The highest BCUT2D eigenvalue weighted by atomic mass is 16.7. The topological polar surface area (TPSA) is 38.7 Å². The van der Waals surface area contributed by atoms with Gasteiger partial charge in [-0.2, -0.15) is 0 Å². The fraction of sp³-hybridized carbons (Fsp3) is 0.625. The van der Waals surface area contributed by atoms with Crippen molar-refractivity contribution in [2.24, 2.45) is 0 Å². The molecular formula is C16H23BO3. The first kappa shape index (κ1) is 14.1. The highest BCUT2D eigenvalue weighted by Gasteiger charge is 2.51. The molecule has 1 unspecified atom stereocenters. The van der Waals surface area contributed by atoms with E-state index in [9.17, 15) is 5.11 Å². The lowest BCUT2D eigenvalue weighted by Gasteiger charge is -2.32. The van der Waals surface area contributed by atoms with Crippen molar-refractivity contribution in [2.45, 2.75) is 64.3 Å². The summed E-state index contributed by atoms with van der Waals surface area (Å²) in [6.07, 6.45) is 1.70. The minimum absolute atomic E-state index is 0.317. The lowest BCUT2D eigenvalue weighted by molar-refractivity contribution is 0.00578. The van der Waals surface area contributed by atoms with E-state index in [1.165, 1.54) is 5.56 Å². The van der Waals surface area contributed by atoms with Crippen LogP contribution in [-0.4, -0.2) is 23.4 Å². The predicted molar refractivity (Wildman–Crippen MR) is 80.0 cm³/mol. The van der Waals surface area contributed by atoms with Crippen LogP contribution in [0, 0.1) is 0 Å². The van der Waals surface area contributed by atoms with Crippen molar-refractivity contribution in [1.82, 2.24) is 0 Å². The van der Waals surface area contributed by atoms with Crippen LogP contribution in [0.4, 0.5) is 0 Å². The van der Waals surface area contributed by atoms with Crippen LogP contribution in [-0.2, 0) is 21.3 Å². The van der Waals surface area contributed by atoms with Gasteiger partial charge in [0.2, 0.25) is 0 Å². The Labute approximate surface area is 121 Å². The molecule has 0 radical (unpaired) electrons. The van der Waals surface area contributed by atoms with E-state index in [1.54, 1.807) is 0 Å². The molecular weight excluding hydrogens is 251 g/mol. The van der Waals surface area contributed by atoms with E-state index in [1.807, 2.05) is 19.1 Å². The smallest absolute Gasteiger partial charge is 0.399 e. The third-order valence-electron chi connectivity index (χ3n) is 5.12. The zero-order chi connectivity index (χ0) is 14.8. The summed E-state index contributed by atoms with van der Waals surface area (Å²) in [5.74, 6) is 0. The van der Waals surface area contributed by atoms with Crippen molar-refractivity contribution in [2.75, 3.05) is 0 Å². The van der Waals surface area contributed by atoms with Crippen molar-refractivity contribution in [1.29, 1.82) is 0 Å². The zero-order valence-corrected chi connectivity index (χ0v) is 13.0. The van der Waals surface area contributed by atoms with Crippen molar-refractivity contribution in [3.8, 4) is 0 Å². The second-order valence-electron chi connectivity index (χ2n) is 7.28. The Hall–Kier alpha value is -0.835. The van der Waals surface area contributed by atoms with E-state index in [-0.39, 0.29) is 18.3 Å². The molecule has 1 saturated heterocycles. The van der Waals surface area contributed by atoms with Crippen molar-refractivity contribution in [3.05, 3.63) is 29.3 Å². The van der Waals surface area contributed by atoms with Gasteiger partial charge in [-0.25, -0.2) is 0 Å². The number of hydrogen-bond acceptors (Lipinski definition) is 3. The van der Waals surface area contributed by atoms with Crippen LogP contribution in [0.2, 0.25) is 0 Å². The lowest BCUT2D eigenvalue weighted by atomic mass is 9.77. The summed E-state index contributed by atoms with van der Waals surface area (Å²) in [6.45, 7) is 10.1. The predicted octanol–water partition coefficient (Wildman–Crippen LogP) is 2.14. The molecule has 4 heteroatoms. The first-order valence-corrected chi connectivity index (χ1v) is 7.34. The fourth-order valence-electron chi connectivity index (χ4n) is 2.98. The number of aryl methyl sites for hydroxylation is 1. The molecule has 0 aromatic heterocycles. The van der Waals surface area contributed by atoms with Gasteiger partial charge in [0.1, 0.15) is 0 Å².